The number of ether oxygens (including phenoxy) is 2. The van der Waals surface area contributed by atoms with E-state index in [9.17, 15) is 12.8 Å². The zero-order valence-corrected chi connectivity index (χ0v) is 18.1. The lowest BCUT2D eigenvalue weighted by atomic mass is 10.0. The van der Waals surface area contributed by atoms with E-state index >= 15 is 0 Å². The summed E-state index contributed by atoms with van der Waals surface area (Å²) in [6, 6.07) is 16.8. The van der Waals surface area contributed by atoms with Crippen molar-refractivity contribution in [3.63, 3.8) is 0 Å². The predicted octanol–water partition coefficient (Wildman–Crippen LogP) is 5.11. The van der Waals surface area contributed by atoms with E-state index in [2.05, 4.69) is 0 Å². The number of benzene rings is 3. The van der Waals surface area contributed by atoms with Crippen molar-refractivity contribution in [1.29, 1.82) is 0 Å². The van der Waals surface area contributed by atoms with Crippen LogP contribution in [0.25, 0.3) is 0 Å². The molecule has 0 radical (unpaired) electrons. The molecule has 3 rings (SSSR count). The fourth-order valence-electron chi connectivity index (χ4n) is 3.39. The monoisotopic (exact) mass is 429 g/mol. The Kier molecular flexibility index (Phi) is 6.31. The highest BCUT2D eigenvalue weighted by molar-refractivity contribution is 7.92. The molecule has 0 aliphatic carbocycles. The molecule has 0 spiro atoms. The molecule has 3 aromatic rings. The Bertz CT molecular complexity index is 1110. The number of methoxy groups -OCH3 is 2. The molecule has 0 aliphatic heterocycles. The van der Waals surface area contributed by atoms with Crippen molar-refractivity contribution in [2.45, 2.75) is 24.8 Å². The fraction of sp³-hybridized carbons (Fsp3) is 0.217. The van der Waals surface area contributed by atoms with Crippen molar-refractivity contribution in [3.05, 3.63) is 83.7 Å². The largest absolute Gasteiger partial charge is 0.497 e. The Morgan fingerprint density at radius 1 is 0.900 bits per heavy atom. The SMILES string of the molecule is COc1cc(OC)cc(N(C(C)c2ccccc2C)S(=O)(=O)c2ccc(F)cc2)c1. The Morgan fingerprint density at radius 2 is 1.47 bits per heavy atom. The minimum atomic E-state index is -4.03. The van der Waals surface area contributed by atoms with Crippen LogP contribution in [-0.2, 0) is 10.0 Å². The van der Waals surface area contributed by atoms with Crippen LogP contribution in [0, 0.1) is 12.7 Å². The van der Waals surface area contributed by atoms with Crippen molar-refractivity contribution in [2.24, 2.45) is 0 Å². The summed E-state index contributed by atoms with van der Waals surface area (Å²) in [5.41, 5.74) is 2.19. The van der Waals surface area contributed by atoms with Crippen LogP contribution >= 0.6 is 0 Å². The van der Waals surface area contributed by atoms with Crippen LogP contribution in [0.15, 0.2) is 71.6 Å². The molecule has 0 saturated heterocycles. The molecule has 0 bridgehead atoms. The standard InChI is InChI=1S/C23H24FNO4S/c1-16-7-5-6-8-23(16)17(2)25(19-13-20(28-3)15-21(14-19)29-4)30(26,27)22-11-9-18(24)10-12-22/h5-15,17H,1-4H3. The van der Waals surface area contributed by atoms with Crippen LogP contribution < -0.4 is 13.8 Å². The van der Waals surface area contributed by atoms with Gasteiger partial charge in [0.25, 0.3) is 10.0 Å². The summed E-state index contributed by atoms with van der Waals surface area (Å²) < 4.78 is 52.8. The van der Waals surface area contributed by atoms with Crippen molar-refractivity contribution < 1.29 is 22.3 Å². The third-order valence-electron chi connectivity index (χ3n) is 4.95. The van der Waals surface area contributed by atoms with Gasteiger partial charge in [-0.2, -0.15) is 0 Å². The van der Waals surface area contributed by atoms with Gasteiger partial charge < -0.3 is 9.47 Å². The molecule has 0 N–H and O–H groups in total. The number of hydrogen-bond acceptors (Lipinski definition) is 4. The molecule has 0 saturated carbocycles. The summed E-state index contributed by atoms with van der Waals surface area (Å²) in [5, 5.41) is 0. The molecule has 158 valence electrons. The predicted molar refractivity (Wildman–Crippen MR) is 115 cm³/mol. The van der Waals surface area contributed by atoms with E-state index in [0.29, 0.717) is 17.2 Å². The van der Waals surface area contributed by atoms with E-state index in [-0.39, 0.29) is 4.90 Å². The number of anilines is 1. The van der Waals surface area contributed by atoms with Crippen LogP contribution in [0.1, 0.15) is 24.1 Å². The summed E-state index contributed by atoms with van der Waals surface area (Å²) in [4.78, 5) is -0.00822. The number of sulfonamides is 1. The van der Waals surface area contributed by atoms with E-state index in [1.54, 1.807) is 18.2 Å². The van der Waals surface area contributed by atoms with Gasteiger partial charge in [-0.25, -0.2) is 12.8 Å². The van der Waals surface area contributed by atoms with E-state index < -0.39 is 21.9 Å². The van der Waals surface area contributed by atoms with E-state index in [1.165, 1.54) is 30.7 Å². The Morgan fingerprint density at radius 3 is 2.00 bits per heavy atom. The molecule has 1 atom stereocenters. The third-order valence-corrected chi connectivity index (χ3v) is 6.86. The zero-order chi connectivity index (χ0) is 21.9. The second-order valence-corrected chi connectivity index (χ2v) is 8.67. The van der Waals surface area contributed by atoms with Gasteiger partial charge in [0.15, 0.2) is 0 Å². The first kappa shape index (κ1) is 21.6. The number of hydrogen-bond donors (Lipinski definition) is 0. The molecular formula is C23H24FNO4S. The smallest absolute Gasteiger partial charge is 0.264 e. The minimum Gasteiger partial charge on any atom is -0.497 e. The van der Waals surface area contributed by atoms with Crippen LogP contribution in [0.4, 0.5) is 10.1 Å². The summed E-state index contributed by atoms with van der Waals surface area (Å²) in [7, 11) is -1.03. The first-order chi connectivity index (χ1) is 14.3. The summed E-state index contributed by atoms with van der Waals surface area (Å²) >= 11 is 0. The van der Waals surface area contributed by atoms with Gasteiger partial charge in [0.2, 0.25) is 0 Å². The first-order valence-electron chi connectivity index (χ1n) is 9.36. The van der Waals surface area contributed by atoms with Gasteiger partial charge in [-0.05, 0) is 49.2 Å². The van der Waals surface area contributed by atoms with Crippen LogP contribution in [0.2, 0.25) is 0 Å². The van der Waals surface area contributed by atoms with Crippen molar-refractivity contribution >= 4 is 15.7 Å². The van der Waals surface area contributed by atoms with Gasteiger partial charge in [-0.15, -0.1) is 0 Å². The van der Waals surface area contributed by atoms with Crippen LogP contribution in [-0.4, -0.2) is 22.6 Å². The van der Waals surface area contributed by atoms with Gasteiger partial charge in [-0.1, -0.05) is 24.3 Å². The maximum absolute atomic E-state index is 13.7. The van der Waals surface area contributed by atoms with Crippen LogP contribution in [0.5, 0.6) is 11.5 Å². The van der Waals surface area contributed by atoms with E-state index in [1.807, 2.05) is 38.1 Å². The Hall–Kier alpha value is -3.06. The molecule has 0 amide bonds. The molecule has 0 aromatic heterocycles. The zero-order valence-electron chi connectivity index (χ0n) is 17.3. The van der Waals surface area contributed by atoms with Crippen molar-refractivity contribution in [2.75, 3.05) is 18.5 Å². The maximum atomic E-state index is 13.7. The molecule has 3 aromatic carbocycles. The molecular weight excluding hydrogens is 405 g/mol. The molecule has 0 heterocycles. The fourth-order valence-corrected chi connectivity index (χ4v) is 5.01. The van der Waals surface area contributed by atoms with Gasteiger partial charge >= 0.3 is 0 Å². The molecule has 0 aliphatic rings. The van der Waals surface area contributed by atoms with Gasteiger partial charge in [-0.3, -0.25) is 4.31 Å². The normalized spacial score (nSPS) is 12.3. The maximum Gasteiger partial charge on any atom is 0.264 e. The van der Waals surface area contributed by atoms with E-state index in [4.69, 9.17) is 9.47 Å². The lowest BCUT2D eigenvalue weighted by Gasteiger charge is -2.32. The number of nitrogens with zero attached hydrogens (tertiary/aromatic N) is 1. The Balaban J connectivity index is 2.24. The average Bonchev–Trinajstić information content (AvgIpc) is 2.74. The molecule has 0 fully saturated rings. The number of rotatable bonds is 7. The second-order valence-electron chi connectivity index (χ2n) is 6.86. The number of aryl methyl sites for hydroxylation is 1. The minimum absolute atomic E-state index is 0.00822. The summed E-state index contributed by atoms with van der Waals surface area (Å²) in [5.74, 6) is 0.414. The quantitative estimate of drug-likeness (QED) is 0.524. The summed E-state index contributed by atoms with van der Waals surface area (Å²) in [6.07, 6.45) is 0. The lowest BCUT2D eigenvalue weighted by molar-refractivity contribution is 0.394. The topological polar surface area (TPSA) is 55.8 Å². The van der Waals surface area contributed by atoms with Crippen molar-refractivity contribution in [1.82, 2.24) is 0 Å². The van der Waals surface area contributed by atoms with E-state index in [0.717, 1.165) is 23.3 Å². The second kappa shape index (κ2) is 8.75. The highest BCUT2D eigenvalue weighted by Crippen LogP contribution is 2.38. The average molecular weight is 430 g/mol. The number of halogens is 1. The molecule has 30 heavy (non-hydrogen) atoms. The third kappa shape index (κ3) is 4.26. The Labute approximate surface area is 176 Å². The van der Waals surface area contributed by atoms with Crippen LogP contribution in [0.3, 0.4) is 0 Å². The van der Waals surface area contributed by atoms with Gasteiger partial charge in [0.1, 0.15) is 17.3 Å². The van der Waals surface area contributed by atoms with Crippen molar-refractivity contribution in [3.8, 4) is 11.5 Å². The summed E-state index contributed by atoms with van der Waals surface area (Å²) in [6.45, 7) is 3.75. The lowest BCUT2D eigenvalue weighted by Crippen LogP contribution is -2.34. The van der Waals surface area contributed by atoms with Gasteiger partial charge in [0, 0.05) is 18.2 Å². The molecule has 5 nitrogen and oxygen atoms in total. The first-order valence-corrected chi connectivity index (χ1v) is 10.8. The highest BCUT2D eigenvalue weighted by Gasteiger charge is 2.32. The molecule has 1 unspecified atom stereocenters. The molecule has 7 heteroatoms. The van der Waals surface area contributed by atoms with Gasteiger partial charge in [0.05, 0.1) is 30.8 Å². The highest BCUT2D eigenvalue weighted by atomic mass is 32.2.